The first-order chi connectivity index (χ1) is 29.7. The minimum atomic E-state index is -0.105. The summed E-state index contributed by atoms with van der Waals surface area (Å²) < 4.78 is 0. The number of phenolic OH excluding ortho intramolecular Hbond substituents is 2. The third kappa shape index (κ3) is 15.3. The lowest BCUT2D eigenvalue weighted by Crippen LogP contribution is -2.26. The molecular formula is C58H88N2O2. The smallest absolute Gasteiger partial charge is 0.127 e. The van der Waals surface area contributed by atoms with Crippen LogP contribution in [0.25, 0.3) is 33.4 Å². The molecule has 4 nitrogen and oxygen atoms in total. The van der Waals surface area contributed by atoms with Crippen LogP contribution < -0.4 is 0 Å². The number of aromatic hydroxyl groups is 2. The Morgan fingerprint density at radius 3 is 0.903 bits per heavy atom. The maximum absolute atomic E-state index is 12.5. The minimum absolute atomic E-state index is 0.105. The van der Waals surface area contributed by atoms with Crippen molar-refractivity contribution in [2.24, 2.45) is 0 Å². The van der Waals surface area contributed by atoms with E-state index in [0.29, 0.717) is 11.5 Å². The molecule has 2 N–H and O–H groups in total. The van der Waals surface area contributed by atoms with Crippen molar-refractivity contribution in [2.75, 3.05) is 26.2 Å². The van der Waals surface area contributed by atoms with Crippen LogP contribution in [0.15, 0.2) is 72.8 Å². The average molecular weight is 845 g/mol. The Kier molecular flexibility index (Phi) is 21.1. The number of unbranched alkanes of at least 4 members (excludes halogenated alkanes) is 12. The van der Waals surface area contributed by atoms with Crippen LogP contribution in [0.3, 0.4) is 0 Å². The number of hydrogen-bond donors (Lipinski definition) is 2. The molecule has 0 atom stereocenters. The van der Waals surface area contributed by atoms with Crippen molar-refractivity contribution >= 4 is 0 Å². The fourth-order valence-electron chi connectivity index (χ4n) is 8.88. The summed E-state index contributed by atoms with van der Waals surface area (Å²) in [6.45, 7) is 28.5. The molecule has 0 saturated carbocycles. The highest BCUT2D eigenvalue weighted by Crippen LogP contribution is 2.46. The molecule has 4 aromatic carbocycles. The molecule has 4 aromatic rings. The maximum atomic E-state index is 12.5. The summed E-state index contributed by atoms with van der Waals surface area (Å²) in [4.78, 5) is 5.19. The van der Waals surface area contributed by atoms with Gasteiger partial charge in [0, 0.05) is 35.3 Å². The first-order valence-electron chi connectivity index (χ1n) is 25.1. The van der Waals surface area contributed by atoms with Gasteiger partial charge in [-0.2, -0.15) is 0 Å². The summed E-state index contributed by atoms with van der Waals surface area (Å²) in [6.07, 6.45) is 19.8. The quantitative estimate of drug-likeness (QED) is 0.0587. The van der Waals surface area contributed by atoms with Gasteiger partial charge in [-0.25, -0.2) is 0 Å². The van der Waals surface area contributed by atoms with Gasteiger partial charge in [-0.1, -0.05) is 207 Å². The second-order valence-corrected chi connectivity index (χ2v) is 20.4. The molecule has 0 unspecified atom stereocenters. The van der Waals surface area contributed by atoms with Gasteiger partial charge in [-0.15, -0.1) is 0 Å². The van der Waals surface area contributed by atoms with E-state index in [1.807, 2.05) is 0 Å². The summed E-state index contributed by atoms with van der Waals surface area (Å²) in [6, 6.07) is 26.2. The Morgan fingerprint density at radius 2 is 0.645 bits per heavy atom. The van der Waals surface area contributed by atoms with E-state index < -0.39 is 0 Å². The van der Waals surface area contributed by atoms with Gasteiger partial charge >= 0.3 is 0 Å². The van der Waals surface area contributed by atoms with Gasteiger partial charge in [-0.3, -0.25) is 9.80 Å². The van der Waals surface area contributed by atoms with Gasteiger partial charge in [0.05, 0.1) is 0 Å². The number of phenols is 2. The second kappa shape index (κ2) is 25.6. The van der Waals surface area contributed by atoms with Gasteiger partial charge in [0.2, 0.25) is 0 Å². The van der Waals surface area contributed by atoms with Crippen molar-refractivity contribution < 1.29 is 10.2 Å². The van der Waals surface area contributed by atoms with Gasteiger partial charge in [0.1, 0.15) is 11.5 Å². The SMILES string of the molecule is CCCCCCN(CCCCCC)Cc1cc(C(C)(C)C)cc(-c2ccccc2-c2ccccc2-c2cc(C(C)(C)C)cc(CN(CCCCCC)CCCCCC)c2O)c1O. The summed E-state index contributed by atoms with van der Waals surface area (Å²) in [5, 5.41) is 24.9. The second-order valence-electron chi connectivity index (χ2n) is 20.4. The highest BCUT2D eigenvalue weighted by atomic mass is 16.3. The molecule has 0 amide bonds. The molecule has 0 radical (unpaired) electrons. The zero-order valence-electron chi connectivity index (χ0n) is 41.3. The van der Waals surface area contributed by atoms with Crippen molar-refractivity contribution in [1.82, 2.24) is 9.80 Å². The molecular weight excluding hydrogens is 757 g/mol. The number of rotatable bonds is 27. The molecule has 0 heterocycles. The van der Waals surface area contributed by atoms with E-state index in [4.69, 9.17) is 0 Å². The highest BCUT2D eigenvalue weighted by molar-refractivity contribution is 5.94. The van der Waals surface area contributed by atoms with Crippen LogP contribution in [-0.4, -0.2) is 46.2 Å². The first kappa shape index (κ1) is 51.0. The van der Waals surface area contributed by atoms with Gasteiger partial charge in [0.25, 0.3) is 0 Å². The maximum Gasteiger partial charge on any atom is 0.127 e. The summed E-state index contributed by atoms with van der Waals surface area (Å²) in [5.41, 5.74) is 10.2. The molecule has 342 valence electrons. The van der Waals surface area contributed by atoms with Gasteiger partial charge in [0.15, 0.2) is 0 Å². The van der Waals surface area contributed by atoms with E-state index in [9.17, 15) is 10.2 Å². The average Bonchev–Trinajstić information content (AvgIpc) is 3.24. The molecule has 62 heavy (non-hydrogen) atoms. The fourth-order valence-corrected chi connectivity index (χ4v) is 8.88. The lowest BCUT2D eigenvalue weighted by molar-refractivity contribution is 0.249. The van der Waals surface area contributed by atoms with Crippen LogP contribution in [0, 0.1) is 0 Å². The van der Waals surface area contributed by atoms with Gasteiger partial charge < -0.3 is 10.2 Å². The fraction of sp³-hybridized carbons (Fsp3) is 0.586. The Labute approximate surface area is 380 Å². The number of hydrogen-bond acceptors (Lipinski definition) is 4. The zero-order valence-corrected chi connectivity index (χ0v) is 41.3. The third-order valence-corrected chi connectivity index (χ3v) is 12.9. The van der Waals surface area contributed by atoms with Crippen LogP contribution in [0.5, 0.6) is 11.5 Å². The van der Waals surface area contributed by atoms with Crippen LogP contribution in [0.2, 0.25) is 0 Å². The summed E-state index contributed by atoms with van der Waals surface area (Å²) in [5.74, 6) is 0.765. The Balaban J connectivity index is 1.85. The monoisotopic (exact) mass is 845 g/mol. The van der Waals surface area contributed by atoms with Crippen molar-refractivity contribution in [3.8, 4) is 44.9 Å². The van der Waals surface area contributed by atoms with E-state index in [-0.39, 0.29) is 10.8 Å². The van der Waals surface area contributed by atoms with Crippen molar-refractivity contribution in [3.05, 3.63) is 95.1 Å². The summed E-state index contributed by atoms with van der Waals surface area (Å²) >= 11 is 0. The topological polar surface area (TPSA) is 46.9 Å². The first-order valence-corrected chi connectivity index (χ1v) is 25.1. The van der Waals surface area contributed by atoms with Crippen molar-refractivity contribution in [1.29, 1.82) is 0 Å². The molecule has 0 bridgehead atoms. The molecule has 0 aliphatic carbocycles. The highest BCUT2D eigenvalue weighted by Gasteiger charge is 2.25. The predicted octanol–water partition coefficient (Wildman–Crippen LogP) is 16.6. The Hall–Kier alpha value is -3.60. The number of nitrogens with zero attached hydrogens (tertiary/aromatic N) is 2. The van der Waals surface area contributed by atoms with Crippen LogP contribution in [0.4, 0.5) is 0 Å². The zero-order chi connectivity index (χ0) is 45.1. The van der Waals surface area contributed by atoms with Gasteiger partial charge in [-0.05, 0) is 108 Å². The molecule has 4 heteroatoms. The van der Waals surface area contributed by atoms with Crippen LogP contribution in [-0.2, 0) is 23.9 Å². The molecule has 0 fully saturated rings. The van der Waals surface area contributed by atoms with Crippen LogP contribution >= 0.6 is 0 Å². The molecule has 0 aliphatic heterocycles. The third-order valence-electron chi connectivity index (χ3n) is 12.9. The lowest BCUT2D eigenvalue weighted by Gasteiger charge is -2.28. The molecule has 4 rings (SSSR count). The van der Waals surface area contributed by atoms with E-state index in [1.54, 1.807) is 0 Å². The Bertz CT molecular complexity index is 1750. The molecule has 0 saturated heterocycles. The number of benzene rings is 4. The molecule has 0 spiro atoms. The summed E-state index contributed by atoms with van der Waals surface area (Å²) in [7, 11) is 0. The largest absolute Gasteiger partial charge is 0.507 e. The standard InChI is InChI=1S/C58H88N2O2/c1-11-15-19-27-35-59(36-28-20-16-12-2)43-45-39-47(57(5,6)7)41-53(55(45)61)51-33-25-23-31-49(51)50-32-24-26-34-52(50)54-42-48(58(8,9)10)40-46(56(54)62)44-60(37-29-21-17-13-3)38-30-22-18-14-4/h23-26,31-34,39-42,61-62H,11-22,27-30,35-38,43-44H2,1-10H3. The van der Waals surface area contributed by atoms with Crippen molar-refractivity contribution in [2.45, 2.75) is 196 Å². The van der Waals surface area contributed by atoms with E-state index in [0.717, 1.165) is 83.8 Å². The minimum Gasteiger partial charge on any atom is -0.507 e. The van der Waals surface area contributed by atoms with Crippen LogP contribution in [0.1, 0.15) is 194 Å². The molecule has 0 aromatic heterocycles. The van der Waals surface area contributed by atoms with Crippen molar-refractivity contribution in [3.63, 3.8) is 0 Å². The molecule has 0 aliphatic rings. The van der Waals surface area contributed by atoms with E-state index >= 15 is 0 Å². The van der Waals surface area contributed by atoms with E-state index in [1.165, 1.54) is 114 Å². The predicted molar refractivity (Wildman–Crippen MR) is 271 cm³/mol. The Morgan fingerprint density at radius 1 is 0.371 bits per heavy atom. The normalized spacial score (nSPS) is 12.3. The lowest BCUT2D eigenvalue weighted by atomic mass is 9.81. The van der Waals surface area contributed by atoms with E-state index in [2.05, 4.69) is 152 Å².